The number of rotatable bonds is 4. The van der Waals surface area contributed by atoms with Crippen molar-refractivity contribution in [3.63, 3.8) is 0 Å². The second-order valence-electron chi connectivity index (χ2n) is 5.99. The van der Waals surface area contributed by atoms with Crippen LogP contribution in [0.1, 0.15) is 16.8 Å². The molecule has 0 atom stereocenters. The van der Waals surface area contributed by atoms with E-state index in [1.807, 2.05) is 18.2 Å². The van der Waals surface area contributed by atoms with Crippen LogP contribution in [0.25, 0.3) is 11.6 Å². The van der Waals surface area contributed by atoms with E-state index < -0.39 is 11.6 Å². The van der Waals surface area contributed by atoms with Gasteiger partial charge in [-0.3, -0.25) is 4.79 Å². The minimum Gasteiger partial charge on any atom is -0.381 e. The largest absolute Gasteiger partial charge is 0.381 e. The van der Waals surface area contributed by atoms with E-state index in [9.17, 15) is 13.6 Å². The molecule has 3 aromatic rings. The van der Waals surface area contributed by atoms with E-state index in [1.54, 1.807) is 24.4 Å². The molecule has 6 heteroatoms. The minimum atomic E-state index is -0.604. The number of carbonyl (C=O) groups is 1. The van der Waals surface area contributed by atoms with Gasteiger partial charge in [0, 0.05) is 47.0 Å². The topological polar surface area (TPSA) is 56.9 Å². The monoisotopic (exact) mass is 351 g/mol. The molecule has 2 heterocycles. The average molecular weight is 351 g/mol. The van der Waals surface area contributed by atoms with Crippen LogP contribution in [0, 0.1) is 11.6 Å². The third-order valence-electron chi connectivity index (χ3n) is 4.22. The molecule has 4 rings (SSSR count). The fourth-order valence-electron chi connectivity index (χ4n) is 2.89. The molecule has 1 amide bonds. The predicted octanol–water partition coefficient (Wildman–Crippen LogP) is 4.40. The molecule has 0 unspecified atom stereocenters. The van der Waals surface area contributed by atoms with Crippen molar-refractivity contribution in [2.45, 2.75) is 6.54 Å². The molecular formula is C20H15F2N3O. The maximum absolute atomic E-state index is 13.8. The minimum absolute atomic E-state index is 0.170. The highest BCUT2D eigenvalue weighted by molar-refractivity contribution is 6.35. The Morgan fingerprint density at radius 1 is 1.08 bits per heavy atom. The Bertz CT molecular complexity index is 1010. The first-order chi connectivity index (χ1) is 12.6. The smallest absolute Gasteiger partial charge is 0.256 e. The molecule has 0 saturated heterocycles. The number of anilines is 2. The van der Waals surface area contributed by atoms with Crippen molar-refractivity contribution in [2.75, 3.05) is 10.6 Å². The third kappa shape index (κ3) is 3.09. The Morgan fingerprint density at radius 2 is 1.96 bits per heavy atom. The second kappa shape index (κ2) is 6.48. The number of aromatic amines is 1. The van der Waals surface area contributed by atoms with E-state index in [2.05, 4.69) is 15.6 Å². The van der Waals surface area contributed by atoms with Gasteiger partial charge in [0.1, 0.15) is 11.6 Å². The Balaban J connectivity index is 1.59. The van der Waals surface area contributed by atoms with E-state index in [0.29, 0.717) is 11.1 Å². The van der Waals surface area contributed by atoms with Gasteiger partial charge in [0.25, 0.3) is 5.91 Å². The van der Waals surface area contributed by atoms with Gasteiger partial charge in [0.15, 0.2) is 0 Å². The molecule has 26 heavy (non-hydrogen) atoms. The molecule has 0 radical (unpaired) electrons. The summed E-state index contributed by atoms with van der Waals surface area (Å²) < 4.78 is 26.7. The van der Waals surface area contributed by atoms with Gasteiger partial charge >= 0.3 is 0 Å². The maximum atomic E-state index is 13.8. The van der Waals surface area contributed by atoms with Crippen LogP contribution in [-0.2, 0) is 11.3 Å². The Labute approximate surface area is 148 Å². The van der Waals surface area contributed by atoms with Crippen LogP contribution in [0.3, 0.4) is 0 Å². The van der Waals surface area contributed by atoms with Gasteiger partial charge < -0.3 is 15.6 Å². The highest BCUT2D eigenvalue weighted by atomic mass is 19.1. The van der Waals surface area contributed by atoms with Crippen LogP contribution in [0.5, 0.6) is 0 Å². The lowest BCUT2D eigenvalue weighted by molar-refractivity contribution is -0.110. The van der Waals surface area contributed by atoms with Gasteiger partial charge in [0.05, 0.1) is 5.57 Å². The Hall–Kier alpha value is -3.41. The molecule has 2 aromatic carbocycles. The Morgan fingerprint density at radius 3 is 2.73 bits per heavy atom. The number of H-pyrrole nitrogens is 1. The van der Waals surface area contributed by atoms with E-state index >= 15 is 0 Å². The first-order valence-corrected chi connectivity index (χ1v) is 8.09. The van der Waals surface area contributed by atoms with Crippen molar-refractivity contribution in [3.05, 3.63) is 83.2 Å². The number of nitrogens with one attached hydrogen (secondary N) is 3. The molecule has 3 N–H and O–H groups in total. The quantitative estimate of drug-likeness (QED) is 0.610. The summed E-state index contributed by atoms with van der Waals surface area (Å²) in [5.41, 5.74) is 3.99. The second-order valence-corrected chi connectivity index (χ2v) is 5.99. The third-order valence-corrected chi connectivity index (χ3v) is 4.22. The van der Waals surface area contributed by atoms with E-state index in [4.69, 9.17) is 0 Å². The lowest BCUT2D eigenvalue weighted by Crippen LogP contribution is -2.03. The van der Waals surface area contributed by atoms with E-state index in [1.165, 1.54) is 12.1 Å². The maximum Gasteiger partial charge on any atom is 0.256 e. The lowest BCUT2D eigenvalue weighted by Gasteiger charge is -2.09. The summed E-state index contributed by atoms with van der Waals surface area (Å²) >= 11 is 0. The van der Waals surface area contributed by atoms with Crippen LogP contribution in [-0.4, -0.2) is 10.9 Å². The van der Waals surface area contributed by atoms with Crippen molar-refractivity contribution in [1.82, 2.24) is 4.98 Å². The highest BCUT2D eigenvalue weighted by Crippen LogP contribution is 2.35. The van der Waals surface area contributed by atoms with E-state index in [0.717, 1.165) is 28.7 Å². The van der Waals surface area contributed by atoms with Gasteiger partial charge in [-0.25, -0.2) is 8.78 Å². The van der Waals surface area contributed by atoms with Crippen LogP contribution < -0.4 is 10.6 Å². The fourth-order valence-corrected chi connectivity index (χ4v) is 2.89. The molecule has 130 valence electrons. The zero-order valence-corrected chi connectivity index (χ0v) is 13.6. The molecular weight excluding hydrogens is 336 g/mol. The zero-order valence-electron chi connectivity index (χ0n) is 13.6. The molecule has 0 spiro atoms. The SMILES string of the molecule is O=C1Nc2ccc(NCc3ccc(F)cc3F)cc2C1=Cc1ccc[nH]1. The molecule has 1 aromatic heterocycles. The van der Waals surface area contributed by atoms with Gasteiger partial charge in [-0.2, -0.15) is 0 Å². The summed E-state index contributed by atoms with van der Waals surface area (Å²) in [6, 6.07) is 12.7. The summed E-state index contributed by atoms with van der Waals surface area (Å²) in [5.74, 6) is -1.37. The molecule has 0 fully saturated rings. The first kappa shape index (κ1) is 16.1. The zero-order chi connectivity index (χ0) is 18.1. The number of halogens is 2. The summed E-state index contributed by atoms with van der Waals surface area (Å²) in [5, 5.41) is 5.93. The summed E-state index contributed by atoms with van der Waals surface area (Å²) in [4.78, 5) is 15.3. The predicted molar refractivity (Wildman–Crippen MR) is 97.4 cm³/mol. The molecule has 0 aliphatic carbocycles. The van der Waals surface area contributed by atoms with Crippen LogP contribution in [0.4, 0.5) is 20.2 Å². The molecule has 0 saturated carbocycles. The fraction of sp³-hybridized carbons (Fsp3) is 0.0500. The summed E-state index contributed by atoms with van der Waals surface area (Å²) in [7, 11) is 0. The average Bonchev–Trinajstić information content (AvgIpc) is 3.23. The van der Waals surface area contributed by atoms with Crippen molar-refractivity contribution < 1.29 is 13.6 Å². The van der Waals surface area contributed by atoms with Gasteiger partial charge in [-0.15, -0.1) is 0 Å². The molecule has 0 bridgehead atoms. The number of carbonyl (C=O) groups excluding carboxylic acids is 1. The number of amides is 1. The molecule has 1 aliphatic heterocycles. The highest BCUT2D eigenvalue weighted by Gasteiger charge is 2.24. The van der Waals surface area contributed by atoms with Crippen molar-refractivity contribution >= 4 is 28.9 Å². The molecule has 4 nitrogen and oxygen atoms in total. The van der Waals surface area contributed by atoms with Gasteiger partial charge in [-0.1, -0.05) is 6.07 Å². The first-order valence-electron chi connectivity index (χ1n) is 8.09. The van der Waals surface area contributed by atoms with Crippen LogP contribution >= 0.6 is 0 Å². The molecule has 1 aliphatic rings. The van der Waals surface area contributed by atoms with Crippen molar-refractivity contribution in [1.29, 1.82) is 0 Å². The number of fused-ring (bicyclic) bond motifs is 1. The number of hydrogen-bond acceptors (Lipinski definition) is 2. The number of hydrogen-bond donors (Lipinski definition) is 3. The Kier molecular flexibility index (Phi) is 4.01. The summed E-state index contributed by atoms with van der Waals surface area (Å²) in [6.07, 6.45) is 3.57. The lowest BCUT2D eigenvalue weighted by atomic mass is 10.0. The van der Waals surface area contributed by atoms with Gasteiger partial charge in [0.2, 0.25) is 0 Å². The standard InChI is InChI=1S/C20H15F2N3O/c21-13-4-3-12(18(22)8-13)11-24-15-5-6-19-16(9-15)17(20(26)25-19)10-14-2-1-7-23-14/h1-10,23-24H,11H2,(H,25,26). The van der Waals surface area contributed by atoms with Crippen LogP contribution in [0.15, 0.2) is 54.7 Å². The van der Waals surface area contributed by atoms with Crippen LogP contribution in [0.2, 0.25) is 0 Å². The summed E-state index contributed by atoms with van der Waals surface area (Å²) in [6.45, 7) is 0.210. The van der Waals surface area contributed by atoms with Gasteiger partial charge in [-0.05, 0) is 42.5 Å². The normalized spacial score (nSPS) is 14.4. The van der Waals surface area contributed by atoms with E-state index in [-0.39, 0.29) is 12.5 Å². The number of aromatic nitrogens is 1. The van der Waals surface area contributed by atoms with Crippen molar-refractivity contribution in [3.8, 4) is 0 Å². The number of benzene rings is 2. The van der Waals surface area contributed by atoms with Crippen molar-refractivity contribution in [2.24, 2.45) is 0 Å².